The van der Waals surface area contributed by atoms with Gasteiger partial charge in [0.05, 0.1) is 5.75 Å². The number of hydrogen-bond acceptors (Lipinski definition) is 5. The van der Waals surface area contributed by atoms with Crippen molar-refractivity contribution < 1.29 is 9.53 Å². The third-order valence-corrected chi connectivity index (χ3v) is 6.77. The molecule has 4 aromatic rings. The van der Waals surface area contributed by atoms with Crippen LogP contribution in [0.15, 0.2) is 78.5 Å². The first-order chi connectivity index (χ1) is 17.0. The van der Waals surface area contributed by atoms with E-state index in [9.17, 15) is 4.79 Å². The molecule has 0 bridgehead atoms. The molecule has 180 valence electrons. The van der Waals surface area contributed by atoms with Crippen molar-refractivity contribution in [2.45, 2.75) is 45.0 Å². The number of hydrogen-bond donors (Lipinski definition) is 1. The number of thioether (sulfide) groups is 1. The van der Waals surface area contributed by atoms with Crippen molar-refractivity contribution in [2.75, 3.05) is 11.1 Å². The maximum Gasteiger partial charge on any atom is 0.234 e. The van der Waals surface area contributed by atoms with Crippen LogP contribution in [-0.4, -0.2) is 26.4 Å². The zero-order chi connectivity index (χ0) is 24.8. The van der Waals surface area contributed by atoms with Crippen molar-refractivity contribution in [3.05, 3.63) is 90.3 Å². The molecular formula is C28H30N4O2S. The van der Waals surface area contributed by atoms with Crippen molar-refractivity contribution in [1.82, 2.24) is 14.8 Å². The summed E-state index contributed by atoms with van der Waals surface area (Å²) in [6.07, 6.45) is 1.79. The van der Waals surface area contributed by atoms with Crippen LogP contribution in [0.4, 0.5) is 5.69 Å². The predicted molar refractivity (Wildman–Crippen MR) is 143 cm³/mol. The number of allylic oxidation sites excluding steroid dienone is 1. The van der Waals surface area contributed by atoms with Crippen LogP contribution in [0, 0.1) is 6.92 Å². The average molecular weight is 487 g/mol. The van der Waals surface area contributed by atoms with Crippen LogP contribution in [0.5, 0.6) is 5.75 Å². The Balaban J connectivity index is 1.39. The average Bonchev–Trinajstić information content (AvgIpc) is 3.24. The monoisotopic (exact) mass is 486 g/mol. The highest BCUT2D eigenvalue weighted by Gasteiger charge is 2.15. The van der Waals surface area contributed by atoms with Crippen LogP contribution in [0.25, 0.3) is 10.8 Å². The minimum Gasteiger partial charge on any atom is -0.485 e. The van der Waals surface area contributed by atoms with E-state index >= 15 is 0 Å². The van der Waals surface area contributed by atoms with Gasteiger partial charge in [0, 0.05) is 12.2 Å². The van der Waals surface area contributed by atoms with Crippen LogP contribution < -0.4 is 10.1 Å². The number of anilines is 1. The van der Waals surface area contributed by atoms with Gasteiger partial charge < -0.3 is 10.1 Å². The van der Waals surface area contributed by atoms with Crippen molar-refractivity contribution in [3.8, 4) is 5.75 Å². The Morgan fingerprint density at radius 3 is 2.63 bits per heavy atom. The van der Waals surface area contributed by atoms with Gasteiger partial charge in [0.15, 0.2) is 11.0 Å². The lowest BCUT2D eigenvalue weighted by atomic mass is 10.0. The molecule has 0 saturated carbocycles. The molecular weight excluding hydrogens is 456 g/mol. The molecule has 0 saturated heterocycles. The topological polar surface area (TPSA) is 69.0 Å². The Bertz CT molecular complexity index is 1330. The summed E-state index contributed by atoms with van der Waals surface area (Å²) in [6, 6.07) is 20.2. The summed E-state index contributed by atoms with van der Waals surface area (Å²) in [5.41, 5.74) is 3.11. The first-order valence-corrected chi connectivity index (χ1v) is 12.6. The lowest BCUT2D eigenvalue weighted by molar-refractivity contribution is -0.113. The molecule has 0 aliphatic rings. The highest BCUT2D eigenvalue weighted by molar-refractivity contribution is 7.99. The first kappa shape index (κ1) is 24.5. The maximum atomic E-state index is 12.5. The van der Waals surface area contributed by atoms with Gasteiger partial charge >= 0.3 is 0 Å². The maximum absolute atomic E-state index is 12.5. The molecule has 1 N–H and O–H groups in total. The van der Waals surface area contributed by atoms with Crippen LogP contribution in [-0.2, 0) is 17.9 Å². The number of rotatable bonds is 10. The normalized spacial score (nSPS) is 11.1. The number of aryl methyl sites for hydroxylation is 1. The molecule has 0 unspecified atom stereocenters. The van der Waals surface area contributed by atoms with Gasteiger partial charge in [-0.15, -0.1) is 16.8 Å². The molecule has 1 heterocycles. The van der Waals surface area contributed by atoms with E-state index in [-0.39, 0.29) is 18.3 Å². The van der Waals surface area contributed by atoms with Crippen molar-refractivity contribution in [3.63, 3.8) is 0 Å². The number of carbonyl (C=O) groups is 1. The number of ether oxygens (including phenoxy) is 1. The summed E-state index contributed by atoms with van der Waals surface area (Å²) < 4.78 is 8.05. The number of fused-ring (bicyclic) bond motifs is 1. The minimum atomic E-state index is -0.0926. The molecule has 6 nitrogen and oxygen atoms in total. The molecule has 1 amide bonds. The Labute approximate surface area is 210 Å². The fourth-order valence-electron chi connectivity index (χ4n) is 3.83. The van der Waals surface area contributed by atoms with E-state index in [1.807, 2.05) is 47.0 Å². The molecule has 0 radical (unpaired) electrons. The van der Waals surface area contributed by atoms with E-state index in [0.29, 0.717) is 23.4 Å². The zero-order valence-electron chi connectivity index (χ0n) is 20.3. The Kier molecular flexibility index (Phi) is 7.87. The van der Waals surface area contributed by atoms with Gasteiger partial charge in [-0.2, -0.15) is 0 Å². The smallest absolute Gasteiger partial charge is 0.234 e. The third kappa shape index (κ3) is 5.92. The second-order valence-corrected chi connectivity index (χ2v) is 9.55. The van der Waals surface area contributed by atoms with Crippen LogP contribution in [0.2, 0.25) is 0 Å². The van der Waals surface area contributed by atoms with Crippen LogP contribution in [0.1, 0.15) is 36.7 Å². The quantitative estimate of drug-likeness (QED) is 0.209. The highest BCUT2D eigenvalue weighted by Crippen LogP contribution is 2.28. The third-order valence-electron chi connectivity index (χ3n) is 5.80. The van der Waals surface area contributed by atoms with E-state index in [4.69, 9.17) is 4.74 Å². The summed E-state index contributed by atoms with van der Waals surface area (Å²) >= 11 is 1.34. The van der Waals surface area contributed by atoms with E-state index in [2.05, 4.69) is 61.1 Å². The molecule has 0 fully saturated rings. The van der Waals surface area contributed by atoms with Crippen LogP contribution in [0.3, 0.4) is 0 Å². The number of aromatic nitrogens is 3. The fourth-order valence-corrected chi connectivity index (χ4v) is 4.60. The molecule has 3 aromatic carbocycles. The van der Waals surface area contributed by atoms with Gasteiger partial charge in [0.25, 0.3) is 0 Å². The summed E-state index contributed by atoms with van der Waals surface area (Å²) in [6.45, 7) is 11.0. The van der Waals surface area contributed by atoms with E-state index in [1.54, 1.807) is 6.08 Å². The van der Waals surface area contributed by atoms with Gasteiger partial charge in [-0.25, -0.2) is 0 Å². The lowest BCUT2D eigenvalue weighted by Gasteiger charge is -2.12. The Hall–Kier alpha value is -3.58. The molecule has 0 spiro atoms. The number of benzene rings is 3. The molecule has 0 aliphatic heterocycles. The first-order valence-electron chi connectivity index (χ1n) is 11.6. The van der Waals surface area contributed by atoms with E-state index in [0.717, 1.165) is 17.0 Å². The molecule has 0 aliphatic carbocycles. The van der Waals surface area contributed by atoms with Gasteiger partial charge in [-0.05, 0) is 52.9 Å². The zero-order valence-corrected chi connectivity index (χ0v) is 21.1. The SMILES string of the molecule is C=CCn1c(COc2ccc3ccccc3c2C)nnc1SCC(=O)Nc1ccc(C(C)C)cc1. The lowest BCUT2D eigenvalue weighted by Crippen LogP contribution is -2.15. The van der Waals surface area contributed by atoms with E-state index in [1.165, 1.54) is 28.1 Å². The minimum absolute atomic E-state index is 0.0926. The summed E-state index contributed by atoms with van der Waals surface area (Å²) in [5.74, 6) is 2.09. The molecule has 4 rings (SSSR count). The van der Waals surface area contributed by atoms with Crippen LogP contribution >= 0.6 is 11.8 Å². The largest absolute Gasteiger partial charge is 0.485 e. The second-order valence-electron chi connectivity index (χ2n) is 8.61. The number of amides is 1. The number of nitrogens with one attached hydrogen (secondary N) is 1. The van der Waals surface area contributed by atoms with Crippen molar-refractivity contribution in [1.29, 1.82) is 0 Å². The van der Waals surface area contributed by atoms with Gasteiger partial charge in [-0.1, -0.05) is 74.1 Å². The van der Waals surface area contributed by atoms with E-state index < -0.39 is 0 Å². The summed E-state index contributed by atoms with van der Waals surface area (Å²) in [7, 11) is 0. The molecule has 0 atom stereocenters. The fraction of sp³-hybridized carbons (Fsp3) is 0.250. The summed E-state index contributed by atoms with van der Waals surface area (Å²) in [4.78, 5) is 12.5. The number of carbonyl (C=O) groups excluding carboxylic acids is 1. The van der Waals surface area contributed by atoms with Gasteiger partial charge in [-0.3, -0.25) is 9.36 Å². The predicted octanol–water partition coefficient (Wildman–Crippen LogP) is 6.36. The molecule has 35 heavy (non-hydrogen) atoms. The van der Waals surface area contributed by atoms with Crippen molar-refractivity contribution in [2.24, 2.45) is 0 Å². The molecule has 1 aromatic heterocycles. The van der Waals surface area contributed by atoms with Crippen molar-refractivity contribution >= 4 is 34.1 Å². The highest BCUT2D eigenvalue weighted by atomic mass is 32.2. The summed E-state index contributed by atoms with van der Waals surface area (Å²) in [5, 5.41) is 14.6. The van der Waals surface area contributed by atoms with Gasteiger partial charge in [0.2, 0.25) is 5.91 Å². The Morgan fingerprint density at radius 1 is 1.11 bits per heavy atom. The standard InChI is InChI=1S/C28H30N4O2S/c1-5-16-32-26(17-34-25-15-12-22-8-6-7-9-24(22)20(25)4)30-31-28(32)35-18-27(33)29-23-13-10-21(11-14-23)19(2)3/h5-15,19H,1,16-18H2,2-4H3,(H,29,33). The Morgan fingerprint density at radius 2 is 1.89 bits per heavy atom. The van der Waals surface area contributed by atoms with Gasteiger partial charge in [0.1, 0.15) is 12.4 Å². The number of nitrogens with zero attached hydrogens (tertiary/aromatic N) is 3. The second kappa shape index (κ2) is 11.2. The molecule has 7 heteroatoms.